The minimum Gasteiger partial charge on any atom is -0.339 e. The van der Waals surface area contributed by atoms with Crippen LogP contribution in [-0.2, 0) is 13.5 Å². The summed E-state index contributed by atoms with van der Waals surface area (Å²) < 4.78 is 7.19. The number of hydrogen-bond acceptors (Lipinski definition) is 5. The molecule has 1 unspecified atom stereocenters. The van der Waals surface area contributed by atoms with E-state index in [0.29, 0.717) is 17.8 Å². The van der Waals surface area contributed by atoms with Crippen molar-refractivity contribution in [2.75, 3.05) is 6.54 Å². The minimum absolute atomic E-state index is 0.389. The summed E-state index contributed by atoms with van der Waals surface area (Å²) in [5.74, 6) is 1.27. The van der Waals surface area contributed by atoms with Gasteiger partial charge in [0.15, 0.2) is 0 Å². The van der Waals surface area contributed by atoms with Gasteiger partial charge < -0.3 is 14.4 Å². The van der Waals surface area contributed by atoms with E-state index in [2.05, 4.69) is 34.3 Å². The van der Waals surface area contributed by atoms with Gasteiger partial charge in [0.1, 0.15) is 5.69 Å². The molecule has 0 aliphatic heterocycles. The third-order valence-electron chi connectivity index (χ3n) is 3.11. The van der Waals surface area contributed by atoms with E-state index in [1.165, 1.54) is 0 Å². The van der Waals surface area contributed by atoms with Crippen molar-refractivity contribution in [1.29, 1.82) is 0 Å². The van der Waals surface area contributed by atoms with E-state index in [1.54, 1.807) is 12.5 Å². The molecule has 6 nitrogen and oxygen atoms in total. The fourth-order valence-electron chi connectivity index (χ4n) is 1.93. The molecule has 0 amide bonds. The van der Waals surface area contributed by atoms with E-state index in [1.807, 2.05) is 11.6 Å². The van der Waals surface area contributed by atoms with Crippen LogP contribution in [0, 0.1) is 0 Å². The summed E-state index contributed by atoms with van der Waals surface area (Å²) in [5.41, 5.74) is 0.865. The summed E-state index contributed by atoms with van der Waals surface area (Å²) in [6.45, 7) is 5.33. The van der Waals surface area contributed by atoms with Gasteiger partial charge in [-0.3, -0.25) is 0 Å². The van der Waals surface area contributed by atoms with Crippen molar-refractivity contribution in [1.82, 2.24) is 25.0 Å². The molecule has 19 heavy (non-hydrogen) atoms. The van der Waals surface area contributed by atoms with Crippen LogP contribution in [0.15, 0.2) is 17.0 Å². The number of imidazole rings is 1. The average molecular weight is 263 g/mol. The maximum atomic E-state index is 5.31. The molecular weight excluding hydrogens is 242 g/mol. The number of aryl methyl sites for hydroxylation is 1. The van der Waals surface area contributed by atoms with Crippen LogP contribution >= 0.6 is 0 Å². The Kier molecular flexibility index (Phi) is 4.68. The molecule has 104 valence electrons. The molecule has 0 saturated carbocycles. The highest BCUT2D eigenvalue weighted by atomic mass is 16.5. The number of rotatable bonds is 7. The van der Waals surface area contributed by atoms with Crippen molar-refractivity contribution in [3.05, 3.63) is 18.4 Å². The van der Waals surface area contributed by atoms with Crippen LogP contribution in [0.3, 0.4) is 0 Å². The Morgan fingerprint density at radius 2 is 2.26 bits per heavy atom. The lowest BCUT2D eigenvalue weighted by atomic mass is 10.1. The summed E-state index contributed by atoms with van der Waals surface area (Å²) in [5, 5.41) is 7.49. The summed E-state index contributed by atoms with van der Waals surface area (Å²) in [4.78, 5) is 8.48. The molecule has 2 aromatic rings. The monoisotopic (exact) mass is 263 g/mol. The van der Waals surface area contributed by atoms with Gasteiger partial charge in [0.05, 0.1) is 12.5 Å². The molecule has 0 aliphatic rings. The molecule has 0 radical (unpaired) electrons. The van der Waals surface area contributed by atoms with E-state index in [0.717, 1.165) is 31.5 Å². The van der Waals surface area contributed by atoms with E-state index < -0.39 is 0 Å². The molecule has 2 rings (SSSR count). The van der Waals surface area contributed by atoms with Gasteiger partial charge in [-0.25, -0.2) is 4.98 Å². The first-order valence-electron chi connectivity index (χ1n) is 6.77. The van der Waals surface area contributed by atoms with Gasteiger partial charge in [-0.05, 0) is 19.4 Å². The van der Waals surface area contributed by atoms with Crippen LogP contribution in [0.1, 0.15) is 32.6 Å². The van der Waals surface area contributed by atoms with Crippen LogP contribution < -0.4 is 5.32 Å². The maximum Gasteiger partial charge on any atom is 0.228 e. The van der Waals surface area contributed by atoms with E-state index in [4.69, 9.17) is 4.52 Å². The van der Waals surface area contributed by atoms with Crippen LogP contribution in [0.4, 0.5) is 0 Å². The molecule has 0 saturated heterocycles. The molecule has 0 bridgehead atoms. The van der Waals surface area contributed by atoms with E-state index in [9.17, 15) is 0 Å². The highest BCUT2D eigenvalue weighted by Gasteiger charge is 2.15. The molecule has 2 aromatic heterocycles. The van der Waals surface area contributed by atoms with Crippen molar-refractivity contribution >= 4 is 0 Å². The van der Waals surface area contributed by atoms with Crippen molar-refractivity contribution in [2.45, 2.75) is 39.2 Å². The van der Waals surface area contributed by atoms with E-state index in [-0.39, 0.29) is 0 Å². The van der Waals surface area contributed by atoms with Gasteiger partial charge in [0.25, 0.3) is 0 Å². The zero-order chi connectivity index (χ0) is 13.7. The lowest BCUT2D eigenvalue weighted by Gasteiger charge is -2.13. The SMILES string of the molecule is CCCNC(CC)Cc1nc(-c2cncn2C)no1. The van der Waals surface area contributed by atoms with Gasteiger partial charge in [-0.15, -0.1) is 0 Å². The Labute approximate surface area is 113 Å². The normalized spacial score (nSPS) is 12.8. The Hall–Kier alpha value is -1.69. The van der Waals surface area contributed by atoms with Crippen LogP contribution in [0.2, 0.25) is 0 Å². The highest BCUT2D eigenvalue weighted by Crippen LogP contribution is 2.15. The second kappa shape index (κ2) is 6.47. The number of nitrogens with zero attached hydrogens (tertiary/aromatic N) is 4. The molecule has 1 N–H and O–H groups in total. The number of aromatic nitrogens is 4. The molecular formula is C13H21N5O. The highest BCUT2D eigenvalue weighted by molar-refractivity contribution is 5.46. The van der Waals surface area contributed by atoms with Gasteiger partial charge in [-0.1, -0.05) is 19.0 Å². The lowest BCUT2D eigenvalue weighted by Crippen LogP contribution is -2.31. The summed E-state index contributed by atoms with van der Waals surface area (Å²) in [6.07, 6.45) is 6.40. The third kappa shape index (κ3) is 3.41. The topological polar surface area (TPSA) is 68.8 Å². The second-order valence-electron chi connectivity index (χ2n) is 4.66. The standard InChI is InChI=1S/C13H21N5O/c1-4-6-15-10(5-2)7-12-16-13(17-19-12)11-8-14-9-18(11)3/h8-10,15H,4-7H2,1-3H3. The molecule has 0 aliphatic carbocycles. The number of hydrogen-bond donors (Lipinski definition) is 1. The van der Waals surface area contributed by atoms with Crippen LogP contribution in [0.25, 0.3) is 11.5 Å². The van der Waals surface area contributed by atoms with E-state index >= 15 is 0 Å². The Balaban J connectivity index is 2.03. The van der Waals surface area contributed by atoms with Crippen LogP contribution in [0.5, 0.6) is 0 Å². The Bertz CT molecular complexity index is 505. The van der Waals surface area contributed by atoms with Crippen molar-refractivity contribution in [3.63, 3.8) is 0 Å². The molecule has 0 aromatic carbocycles. The summed E-state index contributed by atoms with van der Waals surface area (Å²) in [7, 11) is 1.91. The molecule has 0 spiro atoms. The van der Waals surface area contributed by atoms with Gasteiger partial charge in [0, 0.05) is 19.5 Å². The smallest absolute Gasteiger partial charge is 0.228 e. The Morgan fingerprint density at radius 3 is 2.89 bits per heavy atom. The first-order chi connectivity index (χ1) is 9.24. The van der Waals surface area contributed by atoms with Gasteiger partial charge >= 0.3 is 0 Å². The average Bonchev–Trinajstić information content (AvgIpc) is 3.03. The molecule has 2 heterocycles. The van der Waals surface area contributed by atoms with Crippen molar-refractivity contribution < 1.29 is 4.52 Å². The second-order valence-corrected chi connectivity index (χ2v) is 4.66. The number of nitrogens with one attached hydrogen (secondary N) is 1. The fraction of sp³-hybridized carbons (Fsp3) is 0.615. The van der Waals surface area contributed by atoms with Crippen molar-refractivity contribution in [2.24, 2.45) is 7.05 Å². The maximum absolute atomic E-state index is 5.31. The molecule has 1 atom stereocenters. The predicted octanol–water partition coefficient (Wildman–Crippen LogP) is 1.79. The van der Waals surface area contributed by atoms with Crippen LogP contribution in [-0.4, -0.2) is 32.3 Å². The Morgan fingerprint density at radius 1 is 1.42 bits per heavy atom. The molecule has 0 fully saturated rings. The fourth-order valence-corrected chi connectivity index (χ4v) is 1.93. The summed E-state index contributed by atoms with van der Waals surface area (Å²) in [6, 6.07) is 0.389. The van der Waals surface area contributed by atoms with Gasteiger partial charge in [-0.2, -0.15) is 4.98 Å². The zero-order valence-electron chi connectivity index (χ0n) is 11.8. The first kappa shape index (κ1) is 13.7. The molecule has 6 heteroatoms. The third-order valence-corrected chi connectivity index (χ3v) is 3.11. The summed E-state index contributed by atoms with van der Waals surface area (Å²) >= 11 is 0. The van der Waals surface area contributed by atoms with Gasteiger partial charge in [0.2, 0.25) is 11.7 Å². The first-order valence-corrected chi connectivity index (χ1v) is 6.77. The minimum atomic E-state index is 0.389. The quantitative estimate of drug-likeness (QED) is 0.824. The lowest BCUT2D eigenvalue weighted by molar-refractivity contribution is 0.354. The predicted molar refractivity (Wildman–Crippen MR) is 72.6 cm³/mol. The largest absolute Gasteiger partial charge is 0.339 e. The van der Waals surface area contributed by atoms with Crippen molar-refractivity contribution in [3.8, 4) is 11.5 Å². The zero-order valence-corrected chi connectivity index (χ0v) is 11.8.